The molecule has 3 rings (SSSR count). The number of nitrogens with one attached hydrogen (secondary N) is 1. The predicted molar refractivity (Wildman–Crippen MR) is 92.5 cm³/mol. The number of fused-ring (bicyclic) bond motifs is 1. The van der Waals surface area contributed by atoms with Crippen molar-refractivity contribution >= 4 is 23.6 Å². The molecule has 9 nitrogen and oxygen atoms in total. The summed E-state index contributed by atoms with van der Waals surface area (Å²) in [5.41, 5.74) is 6.36. The standard InChI is InChI=1S/C16H20N4O5S/c1-20(2,6-9-3-10(21)11(22)4-18-9)5-8-7-26-15-12(17)14(23)19(15)13(8)16(24)25/h3-4,12,15H,5-7,17H2,1-2H3,(H2-,18,21,22,24,25)/t12-,15-/m1/s1. The summed E-state index contributed by atoms with van der Waals surface area (Å²) in [5, 5.41) is 20.6. The number of thioether (sulfide) groups is 1. The third kappa shape index (κ3) is 3.22. The number of hydrogen-bond acceptors (Lipinski definition) is 7. The van der Waals surface area contributed by atoms with E-state index in [2.05, 4.69) is 4.98 Å². The fraction of sp³-hybridized carbons (Fsp3) is 0.438. The fourth-order valence-electron chi connectivity index (χ4n) is 3.32. The summed E-state index contributed by atoms with van der Waals surface area (Å²) < 4.78 is 0.339. The van der Waals surface area contributed by atoms with E-state index < -0.39 is 23.3 Å². The highest BCUT2D eigenvalue weighted by Crippen LogP contribution is 2.39. The number of carboxylic acids is 1. The van der Waals surface area contributed by atoms with Crippen molar-refractivity contribution in [3.8, 4) is 5.75 Å². The van der Waals surface area contributed by atoms with E-state index >= 15 is 0 Å². The number of amides is 1. The van der Waals surface area contributed by atoms with Gasteiger partial charge in [-0.15, -0.1) is 11.8 Å². The van der Waals surface area contributed by atoms with Gasteiger partial charge in [0.2, 0.25) is 11.3 Å². The second-order valence-corrected chi connectivity index (χ2v) is 8.24. The maximum atomic E-state index is 12.0. The van der Waals surface area contributed by atoms with Gasteiger partial charge in [0.25, 0.3) is 0 Å². The molecule has 1 fully saturated rings. The van der Waals surface area contributed by atoms with Crippen molar-refractivity contribution in [2.24, 2.45) is 5.73 Å². The molecule has 2 aliphatic rings. The zero-order chi connectivity index (χ0) is 19.2. The zero-order valence-electron chi connectivity index (χ0n) is 14.4. The van der Waals surface area contributed by atoms with Gasteiger partial charge in [-0.1, -0.05) is 0 Å². The quantitative estimate of drug-likeness (QED) is 0.393. The Morgan fingerprint density at radius 2 is 2.15 bits per heavy atom. The van der Waals surface area contributed by atoms with Crippen LogP contribution >= 0.6 is 11.8 Å². The lowest BCUT2D eigenvalue weighted by Gasteiger charge is -2.50. The van der Waals surface area contributed by atoms with Crippen LogP contribution in [0.25, 0.3) is 0 Å². The van der Waals surface area contributed by atoms with Crippen molar-refractivity contribution in [1.29, 1.82) is 0 Å². The van der Waals surface area contributed by atoms with Gasteiger partial charge >= 0.3 is 0 Å². The number of nitrogens with zero attached hydrogens (tertiary/aromatic N) is 2. The number of aliphatic carboxylic acids is 1. The van der Waals surface area contributed by atoms with Gasteiger partial charge in [-0.3, -0.25) is 14.5 Å². The van der Waals surface area contributed by atoms with Crippen LogP contribution in [0.3, 0.4) is 0 Å². The van der Waals surface area contributed by atoms with Crippen LogP contribution in [-0.2, 0) is 16.1 Å². The minimum absolute atomic E-state index is 0.0918. The van der Waals surface area contributed by atoms with E-state index in [1.165, 1.54) is 28.9 Å². The van der Waals surface area contributed by atoms with Gasteiger partial charge in [0.1, 0.15) is 24.5 Å². The number of β-lactam (4-membered cyclic amide) rings is 1. The van der Waals surface area contributed by atoms with Crippen LogP contribution in [0.5, 0.6) is 5.75 Å². The third-order valence-corrected chi connectivity index (χ3v) is 5.81. The molecule has 10 heteroatoms. The molecule has 26 heavy (non-hydrogen) atoms. The number of aromatic amines is 1. The van der Waals surface area contributed by atoms with Crippen LogP contribution < -0.4 is 16.3 Å². The molecule has 1 amide bonds. The Labute approximate surface area is 153 Å². The number of carbonyl (C=O) groups is 2. The number of hydrogen-bond donors (Lipinski definition) is 3. The maximum absolute atomic E-state index is 12.0. The van der Waals surface area contributed by atoms with Crippen LogP contribution in [-0.4, -0.2) is 69.2 Å². The van der Waals surface area contributed by atoms with Crippen molar-refractivity contribution in [3.05, 3.63) is 39.5 Å². The van der Waals surface area contributed by atoms with E-state index in [9.17, 15) is 24.6 Å². The zero-order valence-corrected chi connectivity index (χ0v) is 15.2. The van der Waals surface area contributed by atoms with Gasteiger partial charge < -0.3 is 30.2 Å². The molecule has 2 atom stereocenters. The molecule has 3 heterocycles. The van der Waals surface area contributed by atoms with Crippen molar-refractivity contribution < 1.29 is 24.3 Å². The molecular formula is C16H20N4O5S. The lowest BCUT2D eigenvalue weighted by Crippen LogP contribution is -2.69. The summed E-state index contributed by atoms with van der Waals surface area (Å²) in [7, 11) is 3.76. The third-order valence-electron chi connectivity index (χ3n) is 4.45. The van der Waals surface area contributed by atoms with Gasteiger partial charge in [-0.05, 0) is 0 Å². The molecule has 0 bridgehead atoms. The summed E-state index contributed by atoms with van der Waals surface area (Å²) >= 11 is 1.44. The SMILES string of the molecule is C[N+](C)(CC1=C(C(=O)[O-])N2C(=O)[C@@H](N)[C@H]2SC1)Cc1cc(=O)c(O)c[nH]1. The molecule has 0 radical (unpaired) electrons. The molecule has 0 aromatic carbocycles. The van der Waals surface area contributed by atoms with Gasteiger partial charge in [-0.25, -0.2) is 0 Å². The maximum Gasteiger partial charge on any atom is 0.248 e. The normalized spacial score (nSPS) is 22.9. The number of quaternary nitrogens is 1. The van der Waals surface area contributed by atoms with Crippen LogP contribution in [0.4, 0.5) is 0 Å². The topological polar surface area (TPSA) is 140 Å². The minimum Gasteiger partial charge on any atom is -0.543 e. The van der Waals surface area contributed by atoms with Gasteiger partial charge in [-0.2, -0.15) is 0 Å². The molecule has 2 aliphatic heterocycles. The summed E-state index contributed by atoms with van der Waals surface area (Å²) in [6.45, 7) is 0.756. The molecule has 1 aromatic rings. The fourth-order valence-corrected chi connectivity index (χ4v) is 4.60. The summed E-state index contributed by atoms with van der Waals surface area (Å²) in [4.78, 5) is 39.3. The smallest absolute Gasteiger partial charge is 0.248 e. The molecule has 140 valence electrons. The first-order valence-electron chi connectivity index (χ1n) is 7.97. The highest BCUT2D eigenvalue weighted by Gasteiger charge is 2.50. The first-order chi connectivity index (χ1) is 12.1. The van der Waals surface area contributed by atoms with E-state index in [-0.39, 0.29) is 16.8 Å². The van der Waals surface area contributed by atoms with Gasteiger partial charge in [0.05, 0.1) is 31.5 Å². The highest BCUT2D eigenvalue weighted by molar-refractivity contribution is 8.00. The van der Waals surface area contributed by atoms with Crippen molar-refractivity contribution in [2.75, 3.05) is 26.4 Å². The number of carbonyl (C=O) groups excluding carboxylic acids is 2. The number of likely N-dealkylation sites (N-methyl/N-ethyl adjacent to an activating group) is 1. The number of nitrogens with two attached hydrogens (primary N) is 1. The average Bonchev–Trinajstić information content (AvgIpc) is 2.56. The number of aromatic hydroxyl groups is 1. The average molecular weight is 380 g/mol. The summed E-state index contributed by atoms with van der Waals surface area (Å²) in [5.74, 6) is -1.71. The second-order valence-electron chi connectivity index (χ2n) is 7.13. The second kappa shape index (κ2) is 6.45. The molecule has 1 saturated heterocycles. The van der Waals surface area contributed by atoms with E-state index in [4.69, 9.17) is 5.73 Å². The van der Waals surface area contributed by atoms with E-state index in [1.54, 1.807) is 0 Å². The van der Waals surface area contributed by atoms with Crippen molar-refractivity contribution in [3.63, 3.8) is 0 Å². The number of H-pyrrole nitrogens is 1. The Bertz CT molecular complexity index is 862. The Morgan fingerprint density at radius 3 is 2.77 bits per heavy atom. The van der Waals surface area contributed by atoms with Crippen LogP contribution in [0.1, 0.15) is 5.69 Å². The molecule has 0 unspecified atom stereocenters. The number of carboxylic acid groups (broad SMARTS) is 1. The molecule has 0 spiro atoms. The minimum atomic E-state index is -1.39. The van der Waals surface area contributed by atoms with Gasteiger partial charge in [0.15, 0.2) is 5.75 Å². The number of aromatic nitrogens is 1. The summed E-state index contributed by atoms with van der Waals surface area (Å²) in [6.07, 6.45) is 1.23. The van der Waals surface area contributed by atoms with Gasteiger partial charge in [0, 0.05) is 23.6 Å². The predicted octanol–water partition coefficient (Wildman–Crippen LogP) is -2.10. The number of pyridine rings is 1. The number of rotatable bonds is 5. The summed E-state index contributed by atoms with van der Waals surface area (Å²) in [6, 6.07) is 0.632. The Morgan fingerprint density at radius 1 is 1.46 bits per heavy atom. The Balaban J connectivity index is 1.85. The molecular weight excluding hydrogens is 360 g/mol. The van der Waals surface area contributed by atoms with Crippen LogP contribution in [0.15, 0.2) is 28.3 Å². The molecule has 1 aromatic heterocycles. The van der Waals surface area contributed by atoms with Crippen LogP contribution in [0.2, 0.25) is 0 Å². The van der Waals surface area contributed by atoms with Crippen LogP contribution in [0, 0.1) is 0 Å². The highest BCUT2D eigenvalue weighted by atomic mass is 32.2. The lowest BCUT2D eigenvalue weighted by molar-refractivity contribution is -0.899. The van der Waals surface area contributed by atoms with E-state index in [0.29, 0.717) is 34.6 Å². The molecule has 0 saturated carbocycles. The first-order valence-corrected chi connectivity index (χ1v) is 9.02. The molecule has 0 aliphatic carbocycles. The molecule has 4 N–H and O–H groups in total. The van der Waals surface area contributed by atoms with Crippen molar-refractivity contribution in [1.82, 2.24) is 9.88 Å². The monoisotopic (exact) mass is 380 g/mol. The van der Waals surface area contributed by atoms with E-state index in [0.717, 1.165) is 0 Å². The Hall–Kier alpha value is -2.30. The van der Waals surface area contributed by atoms with Crippen molar-refractivity contribution in [2.45, 2.75) is 18.0 Å². The largest absolute Gasteiger partial charge is 0.543 e. The first kappa shape index (κ1) is 18.5. The lowest BCUT2D eigenvalue weighted by atomic mass is 10.0. The Kier molecular flexibility index (Phi) is 4.59. The van der Waals surface area contributed by atoms with E-state index in [1.807, 2.05) is 14.1 Å².